The standard InChI is InChI=1S/C26H27ClN4O4S/c1-2-11-31-25(34)20-10-9-17(24(33)29-15-19-7-5-12-35-19)13-22(20)30-26(31)36-16-23(32)28-14-18-6-3-4-8-21(18)27/h2-4,6,8-10,13,19H,1,5,7,11-12,14-16H2,(H,28,32)(H,29,33)/t19-/m1/s1. The zero-order valence-corrected chi connectivity index (χ0v) is 21.2. The highest BCUT2D eigenvalue weighted by atomic mass is 35.5. The Morgan fingerprint density at radius 2 is 2.08 bits per heavy atom. The number of rotatable bonds is 10. The highest BCUT2D eigenvalue weighted by Gasteiger charge is 2.18. The number of fused-ring (bicyclic) bond motifs is 1. The van der Waals surface area contributed by atoms with E-state index in [0.29, 0.717) is 39.7 Å². The van der Waals surface area contributed by atoms with Crippen molar-refractivity contribution in [3.63, 3.8) is 0 Å². The molecule has 1 aliphatic rings. The van der Waals surface area contributed by atoms with E-state index in [-0.39, 0.29) is 35.8 Å². The number of allylic oxidation sites excluding steroid dienone is 1. The minimum Gasteiger partial charge on any atom is -0.376 e. The zero-order valence-electron chi connectivity index (χ0n) is 19.7. The van der Waals surface area contributed by atoms with Crippen LogP contribution < -0.4 is 16.2 Å². The molecule has 10 heteroatoms. The van der Waals surface area contributed by atoms with Gasteiger partial charge in [-0.25, -0.2) is 4.98 Å². The van der Waals surface area contributed by atoms with Crippen LogP contribution in [0.2, 0.25) is 5.02 Å². The first-order chi connectivity index (χ1) is 17.5. The summed E-state index contributed by atoms with van der Waals surface area (Å²) in [6.07, 6.45) is 3.56. The number of nitrogens with one attached hydrogen (secondary N) is 2. The molecule has 0 aliphatic carbocycles. The van der Waals surface area contributed by atoms with Crippen LogP contribution in [0.25, 0.3) is 10.9 Å². The van der Waals surface area contributed by atoms with Crippen molar-refractivity contribution in [3.05, 3.63) is 81.6 Å². The molecule has 8 nitrogen and oxygen atoms in total. The lowest BCUT2D eigenvalue weighted by atomic mass is 10.1. The van der Waals surface area contributed by atoms with Gasteiger partial charge >= 0.3 is 0 Å². The molecule has 0 spiro atoms. The van der Waals surface area contributed by atoms with E-state index in [9.17, 15) is 14.4 Å². The molecule has 1 saturated heterocycles. The van der Waals surface area contributed by atoms with Gasteiger partial charge in [-0.3, -0.25) is 19.0 Å². The van der Waals surface area contributed by atoms with Crippen molar-refractivity contribution in [2.75, 3.05) is 18.9 Å². The SMILES string of the molecule is C=CCn1c(SCC(=O)NCc2ccccc2Cl)nc2cc(C(=O)NC[C@H]3CCCO3)ccc2c1=O. The second-order valence-corrected chi connectivity index (χ2v) is 9.68. The van der Waals surface area contributed by atoms with E-state index >= 15 is 0 Å². The number of carbonyl (C=O) groups is 2. The van der Waals surface area contributed by atoms with Crippen molar-refractivity contribution >= 4 is 46.1 Å². The van der Waals surface area contributed by atoms with Gasteiger partial charge in [0.15, 0.2) is 5.16 Å². The summed E-state index contributed by atoms with van der Waals surface area (Å²) in [7, 11) is 0. The Kier molecular flexibility index (Phi) is 8.79. The summed E-state index contributed by atoms with van der Waals surface area (Å²) in [6, 6.07) is 12.1. The number of benzene rings is 2. The largest absolute Gasteiger partial charge is 0.376 e. The minimum atomic E-state index is -0.259. The molecule has 1 atom stereocenters. The summed E-state index contributed by atoms with van der Waals surface area (Å²) >= 11 is 7.29. The molecule has 2 heterocycles. The van der Waals surface area contributed by atoms with E-state index in [1.807, 2.05) is 18.2 Å². The molecule has 0 saturated carbocycles. The van der Waals surface area contributed by atoms with E-state index in [1.165, 1.54) is 4.57 Å². The monoisotopic (exact) mass is 526 g/mol. The Morgan fingerprint density at radius 3 is 2.83 bits per heavy atom. The lowest BCUT2D eigenvalue weighted by Gasteiger charge is -2.13. The molecule has 36 heavy (non-hydrogen) atoms. The fourth-order valence-electron chi connectivity index (χ4n) is 3.87. The minimum absolute atomic E-state index is 0.0331. The maximum absolute atomic E-state index is 13.1. The van der Waals surface area contributed by atoms with Crippen LogP contribution in [0.1, 0.15) is 28.8 Å². The highest BCUT2D eigenvalue weighted by Crippen LogP contribution is 2.20. The van der Waals surface area contributed by atoms with Crippen LogP contribution in [0, 0.1) is 0 Å². The van der Waals surface area contributed by atoms with E-state index in [1.54, 1.807) is 30.3 Å². The zero-order chi connectivity index (χ0) is 25.5. The number of hydrogen-bond acceptors (Lipinski definition) is 6. The molecular formula is C26H27ClN4O4S. The lowest BCUT2D eigenvalue weighted by molar-refractivity contribution is -0.118. The average molecular weight is 527 g/mol. The summed E-state index contributed by atoms with van der Waals surface area (Å²) in [5.41, 5.74) is 1.35. The predicted octanol–water partition coefficient (Wildman–Crippen LogP) is 3.55. The van der Waals surface area contributed by atoms with Crippen molar-refractivity contribution in [1.82, 2.24) is 20.2 Å². The molecule has 0 bridgehead atoms. The molecule has 1 fully saturated rings. The van der Waals surface area contributed by atoms with Crippen LogP contribution in [-0.4, -0.2) is 46.4 Å². The van der Waals surface area contributed by atoms with Crippen molar-refractivity contribution in [1.29, 1.82) is 0 Å². The topological polar surface area (TPSA) is 102 Å². The van der Waals surface area contributed by atoms with Crippen LogP contribution >= 0.6 is 23.4 Å². The lowest BCUT2D eigenvalue weighted by Crippen LogP contribution is -2.31. The molecule has 1 aliphatic heterocycles. The Bertz CT molecular complexity index is 1340. The molecule has 1 aromatic heterocycles. The van der Waals surface area contributed by atoms with Gasteiger partial charge in [0, 0.05) is 36.8 Å². The first-order valence-electron chi connectivity index (χ1n) is 11.6. The van der Waals surface area contributed by atoms with Crippen molar-refractivity contribution in [3.8, 4) is 0 Å². The number of hydrogen-bond donors (Lipinski definition) is 2. The van der Waals surface area contributed by atoms with Crippen molar-refractivity contribution in [2.45, 2.75) is 37.2 Å². The average Bonchev–Trinajstić information content (AvgIpc) is 3.41. The van der Waals surface area contributed by atoms with Crippen molar-refractivity contribution in [2.24, 2.45) is 0 Å². The molecule has 3 aromatic rings. The first kappa shape index (κ1) is 25.9. The normalized spacial score (nSPS) is 15.1. The van der Waals surface area contributed by atoms with Crippen LogP contribution in [0.15, 0.2) is 65.1 Å². The van der Waals surface area contributed by atoms with Gasteiger partial charge in [0.1, 0.15) is 0 Å². The third kappa shape index (κ3) is 6.34. The smallest absolute Gasteiger partial charge is 0.262 e. The van der Waals surface area contributed by atoms with Crippen LogP contribution in [0.4, 0.5) is 0 Å². The maximum atomic E-state index is 13.1. The van der Waals surface area contributed by atoms with Crippen LogP contribution in [0.3, 0.4) is 0 Å². The molecule has 0 unspecified atom stereocenters. The molecule has 2 amide bonds. The maximum Gasteiger partial charge on any atom is 0.262 e. The number of amides is 2. The molecule has 4 rings (SSSR count). The quantitative estimate of drug-likeness (QED) is 0.238. The Morgan fingerprint density at radius 1 is 1.25 bits per heavy atom. The summed E-state index contributed by atoms with van der Waals surface area (Å²) in [4.78, 5) is 42.9. The van der Waals surface area contributed by atoms with Crippen molar-refractivity contribution < 1.29 is 14.3 Å². The molecule has 188 valence electrons. The van der Waals surface area contributed by atoms with Gasteiger partial charge in [0.25, 0.3) is 11.5 Å². The van der Waals surface area contributed by atoms with Gasteiger partial charge < -0.3 is 15.4 Å². The van der Waals surface area contributed by atoms with Crippen LogP contribution in [-0.2, 0) is 22.6 Å². The molecule has 2 N–H and O–H groups in total. The van der Waals surface area contributed by atoms with E-state index in [2.05, 4.69) is 22.2 Å². The Balaban J connectivity index is 1.49. The number of ether oxygens (including phenoxy) is 1. The highest BCUT2D eigenvalue weighted by molar-refractivity contribution is 7.99. The third-order valence-corrected chi connectivity index (χ3v) is 7.12. The second kappa shape index (κ2) is 12.2. The van der Waals surface area contributed by atoms with Gasteiger partial charge in [-0.1, -0.05) is 47.6 Å². The summed E-state index contributed by atoms with van der Waals surface area (Å²) in [5, 5.41) is 7.06. The summed E-state index contributed by atoms with van der Waals surface area (Å²) in [5.74, 6) is -0.416. The van der Waals surface area contributed by atoms with E-state index < -0.39 is 0 Å². The number of halogens is 1. The third-order valence-electron chi connectivity index (χ3n) is 5.77. The fraction of sp³-hybridized carbons (Fsp3) is 0.308. The summed E-state index contributed by atoms with van der Waals surface area (Å²) < 4.78 is 7.02. The van der Waals surface area contributed by atoms with Crippen LogP contribution in [0.5, 0.6) is 0 Å². The molecule has 2 aromatic carbocycles. The van der Waals surface area contributed by atoms with Gasteiger partial charge in [-0.05, 0) is 42.7 Å². The van der Waals surface area contributed by atoms with E-state index in [0.717, 1.165) is 36.8 Å². The van der Waals surface area contributed by atoms with Gasteiger partial charge in [-0.2, -0.15) is 0 Å². The Hall–Kier alpha value is -3.14. The molecule has 0 radical (unpaired) electrons. The number of thioether (sulfide) groups is 1. The predicted molar refractivity (Wildman–Crippen MR) is 142 cm³/mol. The van der Waals surface area contributed by atoms with Gasteiger partial charge in [0.2, 0.25) is 5.91 Å². The van der Waals surface area contributed by atoms with Gasteiger partial charge in [-0.15, -0.1) is 6.58 Å². The van der Waals surface area contributed by atoms with Gasteiger partial charge in [0.05, 0.1) is 22.8 Å². The van der Waals surface area contributed by atoms with E-state index in [4.69, 9.17) is 16.3 Å². The number of nitrogens with zero attached hydrogens (tertiary/aromatic N) is 2. The first-order valence-corrected chi connectivity index (χ1v) is 13.0. The number of aromatic nitrogens is 2. The second-order valence-electron chi connectivity index (χ2n) is 8.33. The number of carbonyl (C=O) groups excluding carboxylic acids is 2. The Labute approximate surface area is 218 Å². The fourth-order valence-corrected chi connectivity index (χ4v) is 4.91. The molecular weight excluding hydrogens is 500 g/mol. The summed E-state index contributed by atoms with van der Waals surface area (Å²) in [6.45, 7) is 5.43.